The zero-order valence-electron chi connectivity index (χ0n) is 7.30. The molecule has 1 heterocycles. The van der Waals surface area contributed by atoms with Gasteiger partial charge in [-0.3, -0.25) is 0 Å². The Kier molecular flexibility index (Phi) is 2.47. The van der Waals surface area contributed by atoms with Crippen LogP contribution in [0.2, 0.25) is 0 Å². The molecule has 0 aromatic carbocycles. The van der Waals surface area contributed by atoms with Crippen molar-refractivity contribution in [3.05, 3.63) is 0 Å². The van der Waals surface area contributed by atoms with Crippen molar-refractivity contribution in [1.29, 1.82) is 0 Å². The van der Waals surface area contributed by atoms with Crippen molar-refractivity contribution in [2.75, 3.05) is 7.05 Å². The number of nitrogens with zero attached hydrogens (tertiary/aromatic N) is 1. The number of rotatable bonds is 2. The summed E-state index contributed by atoms with van der Waals surface area (Å²) in [7, 11) is 2.20. The van der Waals surface area contributed by atoms with Gasteiger partial charge >= 0.3 is 0 Å². The van der Waals surface area contributed by atoms with Crippen LogP contribution in [0.4, 0.5) is 0 Å². The third-order valence-electron chi connectivity index (χ3n) is 2.71. The molecule has 1 aliphatic rings. The molecule has 0 bridgehead atoms. The second-order valence-electron chi connectivity index (χ2n) is 3.23. The molecule has 0 spiro atoms. The Balaban J connectivity index is 2.54. The highest BCUT2D eigenvalue weighted by Gasteiger charge is 2.30. The Morgan fingerprint density at radius 3 is 2.50 bits per heavy atom. The number of hydrogen-bond acceptors (Lipinski definition) is 0. The maximum Gasteiger partial charge on any atom is 0.155 e. The van der Waals surface area contributed by atoms with Gasteiger partial charge in [-0.25, -0.2) is 4.58 Å². The highest BCUT2D eigenvalue weighted by atomic mass is 15.0. The first-order valence-electron chi connectivity index (χ1n) is 4.34. The normalized spacial score (nSPS) is 32.5. The van der Waals surface area contributed by atoms with E-state index in [-0.39, 0.29) is 0 Å². The fraction of sp³-hybridized carbons (Fsp3) is 0.889. The van der Waals surface area contributed by atoms with Gasteiger partial charge in [0.25, 0.3) is 0 Å². The van der Waals surface area contributed by atoms with Crippen molar-refractivity contribution in [2.45, 2.75) is 39.2 Å². The SMILES string of the molecule is CCC1CC=[N+](C)C1CC. The van der Waals surface area contributed by atoms with E-state index in [2.05, 4.69) is 31.7 Å². The van der Waals surface area contributed by atoms with Crippen LogP contribution in [-0.4, -0.2) is 23.9 Å². The molecule has 0 aromatic rings. The van der Waals surface area contributed by atoms with Gasteiger partial charge in [0, 0.05) is 18.8 Å². The molecule has 0 saturated carbocycles. The molecule has 10 heavy (non-hydrogen) atoms. The van der Waals surface area contributed by atoms with Gasteiger partial charge in [0.1, 0.15) is 13.3 Å². The Morgan fingerprint density at radius 1 is 1.40 bits per heavy atom. The molecule has 0 amide bonds. The molecule has 2 atom stereocenters. The molecular weight excluding hydrogens is 122 g/mol. The first-order chi connectivity index (χ1) is 4.79. The van der Waals surface area contributed by atoms with E-state index in [1.807, 2.05) is 0 Å². The van der Waals surface area contributed by atoms with Crippen molar-refractivity contribution >= 4 is 6.21 Å². The van der Waals surface area contributed by atoms with Crippen molar-refractivity contribution in [2.24, 2.45) is 5.92 Å². The van der Waals surface area contributed by atoms with E-state index in [1.165, 1.54) is 19.3 Å². The Morgan fingerprint density at radius 2 is 2.10 bits per heavy atom. The van der Waals surface area contributed by atoms with Gasteiger partial charge < -0.3 is 0 Å². The lowest BCUT2D eigenvalue weighted by atomic mass is 9.95. The minimum absolute atomic E-state index is 0.824. The van der Waals surface area contributed by atoms with Gasteiger partial charge in [-0.1, -0.05) is 13.8 Å². The largest absolute Gasteiger partial charge is 0.239 e. The molecule has 1 heteroatoms. The predicted molar refractivity (Wildman–Crippen MR) is 44.7 cm³/mol. The maximum absolute atomic E-state index is 2.38. The summed E-state index contributed by atoms with van der Waals surface area (Å²) < 4.78 is 2.38. The molecule has 1 nitrogen and oxygen atoms in total. The van der Waals surface area contributed by atoms with E-state index in [1.54, 1.807) is 0 Å². The van der Waals surface area contributed by atoms with Crippen LogP contribution in [-0.2, 0) is 0 Å². The van der Waals surface area contributed by atoms with Gasteiger partial charge in [-0.2, -0.15) is 0 Å². The van der Waals surface area contributed by atoms with Crippen LogP contribution in [0.3, 0.4) is 0 Å². The van der Waals surface area contributed by atoms with Gasteiger partial charge in [0.15, 0.2) is 6.04 Å². The van der Waals surface area contributed by atoms with Crippen molar-refractivity contribution in [1.82, 2.24) is 0 Å². The summed E-state index contributed by atoms with van der Waals surface area (Å²) in [6, 6.07) is 0.824. The molecule has 0 radical (unpaired) electrons. The summed E-state index contributed by atoms with van der Waals surface area (Å²) in [4.78, 5) is 0. The smallest absolute Gasteiger partial charge is 0.155 e. The van der Waals surface area contributed by atoms with Crippen LogP contribution in [0, 0.1) is 5.92 Å². The third-order valence-corrected chi connectivity index (χ3v) is 2.71. The summed E-state index contributed by atoms with van der Waals surface area (Å²) in [6.07, 6.45) is 6.26. The van der Waals surface area contributed by atoms with Crippen molar-refractivity contribution in [3.8, 4) is 0 Å². The molecule has 1 rings (SSSR count). The summed E-state index contributed by atoms with van der Waals surface area (Å²) in [5, 5.41) is 0. The summed E-state index contributed by atoms with van der Waals surface area (Å²) in [5.41, 5.74) is 0. The summed E-state index contributed by atoms with van der Waals surface area (Å²) in [5.74, 6) is 0.926. The second kappa shape index (κ2) is 3.18. The summed E-state index contributed by atoms with van der Waals surface area (Å²) in [6.45, 7) is 4.57. The average molecular weight is 140 g/mol. The van der Waals surface area contributed by atoms with Crippen molar-refractivity contribution < 1.29 is 4.58 Å². The highest BCUT2D eigenvalue weighted by molar-refractivity contribution is 5.53. The molecule has 0 N–H and O–H groups in total. The minimum atomic E-state index is 0.824. The maximum atomic E-state index is 2.38. The average Bonchev–Trinajstić information content (AvgIpc) is 2.30. The highest BCUT2D eigenvalue weighted by Crippen LogP contribution is 2.21. The lowest BCUT2D eigenvalue weighted by Crippen LogP contribution is -2.23. The van der Waals surface area contributed by atoms with E-state index >= 15 is 0 Å². The zero-order valence-corrected chi connectivity index (χ0v) is 7.30. The van der Waals surface area contributed by atoms with Crippen LogP contribution in [0.1, 0.15) is 33.1 Å². The fourth-order valence-electron chi connectivity index (χ4n) is 1.99. The quantitative estimate of drug-likeness (QED) is 0.515. The minimum Gasteiger partial charge on any atom is -0.239 e. The molecule has 0 saturated heterocycles. The van der Waals surface area contributed by atoms with Crippen LogP contribution in [0.5, 0.6) is 0 Å². The third kappa shape index (κ3) is 1.23. The van der Waals surface area contributed by atoms with Gasteiger partial charge in [-0.15, -0.1) is 0 Å². The molecule has 0 fully saturated rings. The summed E-state index contributed by atoms with van der Waals surface area (Å²) >= 11 is 0. The van der Waals surface area contributed by atoms with Gasteiger partial charge in [0.05, 0.1) is 0 Å². The Labute approximate surface area is 63.8 Å². The molecule has 0 aliphatic carbocycles. The lowest BCUT2D eigenvalue weighted by molar-refractivity contribution is -0.532. The predicted octanol–water partition coefficient (Wildman–Crippen LogP) is 1.91. The first-order valence-corrected chi connectivity index (χ1v) is 4.34. The van der Waals surface area contributed by atoms with E-state index in [4.69, 9.17) is 0 Å². The molecule has 1 aliphatic heterocycles. The van der Waals surface area contributed by atoms with E-state index in [0.29, 0.717) is 0 Å². The van der Waals surface area contributed by atoms with Crippen LogP contribution in [0.25, 0.3) is 0 Å². The van der Waals surface area contributed by atoms with Gasteiger partial charge in [-0.05, 0) is 6.42 Å². The lowest BCUT2D eigenvalue weighted by Gasteiger charge is -2.11. The number of hydrogen-bond donors (Lipinski definition) is 0. The van der Waals surface area contributed by atoms with E-state index in [0.717, 1.165) is 12.0 Å². The molecule has 2 unspecified atom stereocenters. The Bertz CT molecular complexity index is 138. The van der Waals surface area contributed by atoms with Crippen molar-refractivity contribution in [3.63, 3.8) is 0 Å². The topological polar surface area (TPSA) is 3.01 Å². The van der Waals surface area contributed by atoms with Crippen LogP contribution in [0.15, 0.2) is 0 Å². The van der Waals surface area contributed by atoms with E-state index in [9.17, 15) is 0 Å². The van der Waals surface area contributed by atoms with Gasteiger partial charge in [0.2, 0.25) is 0 Å². The van der Waals surface area contributed by atoms with E-state index < -0.39 is 0 Å². The molecule has 58 valence electrons. The van der Waals surface area contributed by atoms with Crippen LogP contribution >= 0.6 is 0 Å². The Hall–Kier alpha value is -0.330. The second-order valence-corrected chi connectivity index (χ2v) is 3.23. The molecular formula is C9H18N+. The fourth-order valence-corrected chi connectivity index (χ4v) is 1.99. The zero-order chi connectivity index (χ0) is 7.56. The standard InChI is InChI=1S/C9H18N/c1-4-8-6-7-10(3)9(8)5-2/h7-9H,4-6H2,1-3H3/q+1. The first kappa shape index (κ1) is 7.77. The monoisotopic (exact) mass is 140 g/mol. The van der Waals surface area contributed by atoms with Crippen LogP contribution < -0.4 is 0 Å². The molecule has 0 aromatic heterocycles.